The van der Waals surface area contributed by atoms with E-state index in [2.05, 4.69) is 10.6 Å². The summed E-state index contributed by atoms with van der Waals surface area (Å²) in [5.41, 5.74) is 2.93. The predicted molar refractivity (Wildman–Crippen MR) is 82.4 cm³/mol. The summed E-state index contributed by atoms with van der Waals surface area (Å²) in [7, 11) is 0. The first-order valence-corrected chi connectivity index (χ1v) is 7.55. The highest BCUT2D eigenvalue weighted by atomic mass is 16.2. The summed E-state index contributed by atoms with van der Waals surface area (Å²) < 4.78 is 0. The molecule has 1 fully saturated rings. The van der Waals surface area contributed by atoms with Crippen LogP contribution in [0.1, 0.15) is 25.3 Å². The van der Waals surface area contributed by atoms with Crippen LogP contribution in [0.4, 0.5) is 11.4 Å². The van der Waals surface area contributed by atoms with Crippen molar-refractivity contribution in [2.45, 2.75) is 26.2 Å². The molecule has 1 saturated heterocycles. The Bertz CT molecular complexity index is 565. The Kier molecular flexibility index (Phi) is 3.92. The molecule has 2 heterocycles. The summed E-state index contributed by atoms with van der Waals surface area (Å²) in [6, 6.07) is 5.80. The SMILES string of the molecule is CC(=O)N1CCc2cc(NC(=O)CC3CCNC3)ccc21. The molecular formula is C16H21N3O2. The molecule has 0 bridgehead atoms. The Morgan fingerprint density at radius 2 is 2.29 bits per heavy atom. The maximum atomic E-state index is 12.0. The number of nitrogens with one attached hydrogen (secondary N) is 2. The van der Waals surface area contributed by atoms with Crippen molar-refractivity contribution in [1.82, 2.24) is 5.32 Å². The minimum Gasteiger partial charge on any atom is -0.326 e. The normalized spacial score (nSPS) is 20.4. The lowest BCUT2D eigenvalue weighted by Gasteiger charge is -2.15. The minimum absolute atomic E-state index is 0.0688. The highest BCUT2D eigenvalue weighted by Gasteiger charge is 2.23. The number of amides is 2. The van der Waals surface area contributed by atoms with E-state index >= 15 is 0 Å². The molecular weight excluding hydrogens is 266 g/mol. The van der Waals surface area contributed by atoms with Crippen LogP contribution in [0, 0.1) is 5.92 Å². The molecule has 5 nitrogen and oxygen atoms in total. The number of carbonyl (C=O) groups excluding carboxylic acids is 2. The van der Waals surface area contributed by atoms with Gasteiger partial charge in [0.25, 0.3) is 0 Å². The van der Waals surface area contributed by atoms with Crippen molar-refractivity contribution in [2.75, 3.05) is 29.9 Å². The van der Waals surface area contributed by atoms with Crippen molar-refractivity contribution in [3.8, 4) is 0 Å². The smallest absolute Gasteiger partial charge is 0.224 e. The number of carbonyl (C=O) groups is 2. The zero-order chi connectivity index (χ0) is 14.8. The zero-order valence-electron chi connectivity index (χ0n) is 12.3. The molecule has 0 radical (unpaired) electrons. The van der Waals surface area contributed by atoms with Crippen molar-refractivity contribution < 1.29 is 9.59 Å². The second-order valence-electron chi connectivity index (χ2n) is 5.88. The van der Waals surface area contributed by atoms with Gasteiger partial charge in [0.15, 0.2) is 0 Å². The molecule has 0 aliphatic carbocycles. The van der Waals surface area contributed by atoms with Gasteiger partial charge in [0.1, 0.15) is 0 Å². The summed E-state index contributed by atoms with van der Waals surface area (Å²) >= 11 is 0. The molecule has 1 aromatic rings. The van der Waals surface area contributed by atoms with Crippen LogP contribution < -0.4 is 15.5 Å². The second-order valence-corrected chi connectivity index (χ2v) is 5.88. The maximum absolute atomic E-state index is 12.0. The van der Waals surface area contributed by atoms with E-state index in [9.17, 15) is 9.59 Å². The first-order valence-electron chi connectivity index (χ1n) is 7.55. The Morgan fingerprint density at radius 3 is 3.00 bits per heavy atom. The van der Waals surface area contributed by atoms with Gasteiger partial charge in [-0.15, -0.1) is 0 Å². The van der Waals surface area contributed by atoms with Crippen LogP contribution in [0.5, 0.6) is 0 Å². The van der Waals surface area contributed by atoms with Gasteiger partial charge in [0, 0.05) is 31.3 Å². The van der Waals surface area contributed by atoms with Gasteiger partial charge in [-0.3, -0.25) is 9.59 Å². The van der Waals surface area contributed by atoms with E-state index in [1.165, 1.54) is 0 Å². The topological polar surface area (TPSA) is 61.4 Å². The molecule has 2 amide bonds. The van der Waals surface area contributed by atoms with Crippen LogP contribution >= 0.6 is 0 Å². The first kappa shape index (κ1) is 14.1. The Morgan fingerprint density at radius 1 is 1.43 bits per heavy atom. The van der Waals surface area contributed by atoms with E-state index in [1.54, 1.807) is 11.8 Å². The molecule has 0 aromatic heterocycles. The average molecular weight is 287 g/mol. The molecule has 2 aliphatic heterocycles. The van der Waals surface area contributed by atoms with Crippen molar-refractivity contribution in [3.63, 3.8) is 0 Å². The highest BCUT2D eigenvalue weighted by Crippen LogP contribution is 2.30. The predicted octanol–water partition coefficient (Wildman–Crippen LogP) is 1.53. The summed E-state index contributed by atoms with van der Waals surface area (Å²) in [5, 5.41) is 6.25. The van der Waals surface area contributed by atoms with E-state index in [1.807, 2.05) is 18.2 Å². The van der Waals surface area contributed by atoms with Crippen molar-refractivity contribution in [2.24, 2.45) is 5.92 Å². The standard InChI is InChI=1S/C16H21N3O2/c1-11(20)19-7-5-13-9-14(2-3-15(13)19)18-16(21)8-12-4-6-17-10-12/h2-3,9,12,17H,4-8,10H2,1H3,(H,18,21). The Hall–Kier alpha value is -1.88. The third-order valence-electron chi connectivity index (χ3n) is 4.28. The molecule has 21 heavy (non-hydrogen) atoms. The number of benzene rings is 1. The van der Waals surface area contributed by atoms with Crippen molar-refractivity contribution >= 4 is 23.2 Å². The first-order chi connectivity index (χ1) is 10.1. The fourth-order valence-electron chi connectivity index (χ4n) is 3.17. The van der Waals surface area contributed by atoms with Gasteiger partial charge in [-0.1, -0.05) is 0 Å². The van der Waals surface area contributed by atoms with Crippen LogP contribution in [0.25, 0.3) is 0 Å². The lowest BCUT2D eigenvalue weighted by molar-refractivity contribution is -0.117. The van der Waals surface area contributed by atoms with Crippen LogP contribution in [-0.4, -0.2) is 31.4 Å². The second kappa shape index (κ2) is 5.85. The summed E-state index contributed by atoms with van der Waals surface area (Å²) in [5.74, 6) is 0.594. The lowest BCUT2D eigenvalue weighted by Crippen LogP contribution is -2.25. The number of fused-ring (bicyclic) bond motifs is 1. The van der Waals surface area contributed by atoms with Gasteiger partial charge in [0.2, 0.25) is 11.8 Å². The van der Waals surface area contributed by atoms with E-state index in [-0.39, 0.29) is 11.8 Å². The molecule has 2 aliphatic rings. The van der Waals surface area contributed by atoms with Crippen LogP contribution in [0.3, 0.4) is 0 Å². The molecule has 0 spiro atoms. The number of rotatable bonds is 3. The molecule has 1 atom stereocenters. The Labute approximate surface area is 124 Å². The summed E-state index contributed by atoms with van der Waals surface area (Å²) in [6.07, 6.45) is 2.50. The van der Waals surface area contributed by atoms with Crippen molar-refractivity contribution in [1.29, 1.82) is 0 Å². The minimum atomic E-state index is 0.0688. The maximum Gasteiger partial charge on any atom is 0.224 e. The summed E-state index contributed by atoms with van der Waals surface area (Å²) in [4.78, 5) is 25.3. The van der Waals surface area contributed by atoms with E-state index in [0.29, 0.717) is 12.3 Å². The zero-order valence-corrected chi connectivity index (χ0v) is 12.3. The average Bonchev–Trinajstić information content (AvgIpc) is 3.06. The third kappa shape index (κ3) is 3.08. The molecule has 1 aromatic carbocycles. The fourth-order valence-corrected chi connectivity index (χ4v) is 3.17. The number of hydrogen-bond donors (Lipinski definition) is 2. The molecule has 1 unspecified atom stereocenters. The molecule has 2 N–H and O–H groups in total. The van der Waals surface area contributed by atoms with Crippen molar-refractivity contribution in [3.05, 3.63) is 23.8 Å². The third-order valence-corrected chi connectivity index (χ3v) is 4.28. The molecule has 112 valence electrons. The summed E-state index contributed by atoms with van der Waals surface area (Å²) in [6.45, 7) is 4.26. The van der Waals surface area contributed by atoms with Gasteiger partial charge < -0.3 is 15.5 Å². The largest absolute Gasteiger partial charge is 0.326 e. The van der Waals surface area contributed by atoms with Crippen LogP contribution in [0.2, 0.25) is 0 Å². The molecule has 5 heteroatoms. The monoisotopic (exact) mass is 287 g/mol. The van der Waals surface area contributed by atoms with E-state index < -0.39 is 0 Å². The van der Waals surface area contributed by atoms with E-state index in [0.717, 1.165) is 49.4 Å². The Balaban J connectivity index is 1.64. The highest BCUT2D eigenvalue weighted by molar-refractivity contribution is 5.95. The number of hydrogen-bond acceptors (Lipinski definition) is 3. The van der Waals surface area contributed by atoms with Gasteiger partial charge >= 0.3 is 0 Å². The van der Waals surface area contributed by atoms with E-state index in [4.69, 9.17) is 0 Å². The number of nitrogens with zero attached hydrogens (tertiary/aromatic N) is 1. The van der Waals surface area contributed by atoms with Gasteiger partial charge in [-0.05, 0) is 55.6 Å². The quantitative estimate of drug-likeness (QED) is 0.886. The van der Waals surface area contributed by atoms with Gasteiger partial charge in [0.05, 0.1) is 0 Å². The van der Waals surface area contributed by atoms with Gasteiger partial charge in [-0.25, -0.2) is 0 Å². The number of anilines is 2. The lowest BCUT2D eigenvalue weighted by atomic mass is 10.0. The van der Waals surface area contributed by atoms with Crippen LogP contribution in [0.15, 0.2) is 18.2 Å². The van der Waals surface area contributed by atoms with Crippen LogP contribution in [-0.2, 0) is 16.0 Å². The molecule has 0 saturated carbocycles. The van der Waals surface area contributed by atoms with Gasteiger partial charge in [-0.2, -0.15) is 0 Å². The molecule has 3 rings (SSSR count). The fraction of sp³-hybridized carbons (Fsp3) is 0.500.